The van der Waals surface area contributed by atoms with Crippen molar-refractivity contribution in [2.24, 2.45) is 0 Å². The largest absolute Gasteiger partial charge is 0.508 e. The van der Waals surface area contributed by atoms with Crippen LogP contribution in [0.3, 0.4) is 0 Å². The van der Waals surface area contributed by atoms with Crippen LogP contribution in [0.15, 0.2) is 0 Å². The molecule has 0 amide bonds. The van der Waals surface area contributed by atoms with Crippen molar-refractivity contribution in [2.45, 2.75) is 104 Å². The molecule has 0 saturated carbocycles. The number of hydrogen-bond donors (Lipinski definition) is 0. The molecule has 0 bridgehead atoms. The zero-order valence-electron chi connectivity index (χ0n) is 19.7. The van der Waals surface area contributed by atoms with Gasteiger partial charge in [0.15, 0.2) is 0 Å². The Morgan fingerprint density at radius 3 is 2.13 bits per heavy atom. The fraction of sp³-hybridized carbons (Fsp3) is 0.833. The zero-order valence-corrected chi connectivity index (χ0v) is 19.7. The molecule has 176 valence electrons. The maximum Gasteiger partial charge on any atom is 0.508 e. The molecular weight excluding hydrogens is 382 g/mol. The van der Waals surface area contributed by atoms with Gasteiger partial charge in [0.25, 0.3) is 0 Å². The third-order valence-electron chi connectivity index (χ3n) is 5.09. The Morgan fingerprint density at radius 2 is 1.50 bits per heavy atom. The summed E-state index contributed by atoms with van der Waals surface area (Å²) in [6.45, 7) is 17.0. The summed E-state index contributed by atoms with van der Waals surface area (Å²) in [5.74, 6) is -0.369. The molecule has 0 aromatic heterocycles. The number of nitrogens with zero attached hydrogens (tertiary/aromatic N) is 1. The number of carbonyl (C=O) groups excluding carboxylic acids is 2. The van der Waals surface area contributed by atoms with Crippen LogP contribution in [0.4, 0.5) is 4.79 Å². The van der Waals surface area contributed by atoms with Gasteiger partial charge in [-0.15, -0.1) is 0 Å². The summed E-state index contributed by atoms with van der Waals surface area (Å²) in [6.07, 6.45) is 8.49. The van der Waals surface area contributed by atoms with E-state index in [9.17, 15) is 9.59 Å². The number of esters is 1. The van der Waals surface area contributed by atoms with E-state index >= 15 is 0 Å². The highest BCUT2D eigenvalue weighted by atomic mass is 16.7. The van der Waals surface area contributed by atoms with Crippen LogP contribution in [0.5, 0.6) is 0 Å². The number of hydrogen-bond acceptors (Lipinski definition) is 6. The van der Waals surface area contributed by atoms with Gasteiger partial charge in [0.2, 0.25) is 0 Å². The molecule has 0 saturated heterocycles. The van der Waals surface area contributed by atoms with Crippen LogP contribution in [0.2, 0.25) is 0 Å². The average Bonchev–Trinajstić information content (AvgIpc) is 2.70. The van der Waals surface area contributed by atoms with Crippen LogP contribution >= 0.6 is 0 Å². The third kappa shape index (κ3) is 17.5. The third-order valence-corrected chi connectivity index (χ3v) is 5.09. The number of rotatable bonds is 19. The molecular formula is C24H45NO5. The highest BCUT2D eigenvalue weighted by Gasteiger charge is 2.18. The molecule has 0 fully saturated rings. The van der Waals surface area contributed by atoms with Gasteiger partial charge < -0.3 is 19.1 Å². The van der Waals surface area contributed by atoms with Crippen LogP contribution in [-0.4, -0.2) is 55.5 Å². The van der Waals surface area contributed by atoms with Gasteiger partial charge in [-0.2, -0.15) is 0 Å². The highest BCUT2D eigenvalue weighted by Crippen LogP contribution is 2.16. The molecule has 30 heavy (non-hydrogen) atoms. The maximum atomic E-state index is 12.1. The fourth-order valence-corrected chi connectivity index (χ4v) is 3.24. The minimum Gasteiger partial charge on any atom is -0.462 e. The number of carbonyl (C=O) groups is 2. The van der Waals surface area contributed by atoms with Gasteiger partial charge in [-0.3, -0.25) is 4.79 Å². The number of ether oxygens (including phenoxy) is 3. The lowest BCUT2D eigenvalue weighted by atomic mass is 10.0. The Bertz CT molecular complexity index is 424. The molecule has 0 aliphatic rings. The molecule has 2 radical (unpaired) electrons. The molecule has 0 spiro atoms. The van der Waals surface area contributed by atoms with Crippen molar-refractivity contribution < 1.29 is 23.8 Å². The topological polar surface area (TPSA) is 65.1 Å². The fourth-order valence-electron chi connectivity index (χ4n) is 3.24. The van der Waals surface area contributed by atoms with E-state index in [4.69, 9.17) is 14.2 Å². The minimum absolute atomic E-state index is 0.180. The van der Waals surface area contributed by atoms with E-state index < -0.39 is 12.3 Å². The lowest BCUT2D eigenvalue weighted by molar-refractivity contribution is -0.146. The Hall–Kier alpha value is -1.30. The second kappa shape index (κ2) is 19.7. The number of unbranched alkanes of at least 4 members (excludes halogenated alkanes) is 6. The van der Waals surface area contributed by atoms with Crippen molar-refractivity contribution in [3.63, 3.8) is 0 Å². The molecule has 1 unspecified atom stereocenters. The first-order valence-electron chi connectivity index (χ1n) is 11.8. The minimum atomic E-state index is -0.644. The van der Waals surface area contributed by atoms with Gasteiger partial charge in [0, 0.05) is 6.42 Å². The standard InChI is InChI=1S/C24H45NO5/c1-6-9-10-11-12-13-16-22(17-18-23(26)29-21(4)5)30-24(27)28-20-15-14-19-25(7-2)8-3/h21-22H,4-20H2,1-3H3. The predicted molar refractivity (Wildman–Crippen MR) is 121 cm³/mol. The average molecular weight is 428 g/mol. The molecule has 0 rings (SSSR count). The summed E-state index contributed by atoms with van der Waals surface area (Å²) in [5.41, 5.74) is 0. The molecule has 0 heterocycles. The lowest BCUT2D eigenvalue weighted by Gasteiger charge is -2.19. The van der Waals surface area contributed by atoms with Gasteiger partial charge in [-0.25, -0.2) is 4.79 Å². The van der Waals surface area contributed by atoms with E-state index in [1.54, 1.807) is 0 Å². The maximum absolute atomic E-state index is 12.1. The van der Waals surface area contributed by atoms with Crippen LogP contribution in [0.1, 0.15) is 91.4 Å². The molecule has 6 nitrogen and oxygen atoms in total. The molecule has 0 aromatic carbocycles. The first kappa shape index (κ1) is 28.7. The summed E-state index contributed by atoms with van der Waals surface area (Å²) in [6, 6.07) is 0. The van der Waals surface area contributed by atoms with E-state index in [1.165, 1.54) is 25.7 Å². The quantitative estimate of drug-likeness (QED) is 0.193. The monoisotopic (exact) mass is 427 g/mol. The van der Waals surface area contributed by atoms with E-state index in [-0.39, 0.29) is 18.5 Å². The van der Waals surface area contributed by atoms with Crippen molar-refractivity contribution in [2.75, 3.05) is 26.2 Å². The molecule has 0 N–H and O–H groups in total. The van der Waals surface area contributed by atoms with Gasteiger partial charge in [0.05, 0.1) is 6.61 Å². The van der Waals surface area contributed by atoms with Crippen LogP contribution in [0, 0.1) is 13.8 Å². The predicted octanol–water partition coefficient (Wildman–Crippen LogP) is 5.74. The second-order valence-electron chi connectivity index (χ2n) is 7.78. The van der Waals surface area contributed by atoms with Crippen LogP contribution in [-0.2, 0) is 19.0 Å². The van der Waals surface area contributed by atoms with Crippen molar-refractivity contribution >= 4 is 12.1 Å². The lowest BCUT2D eigenvalue weighted by Crippen LogP contribution is -2.24. The Kier molecular flexibility index (Phi) is 18.8. The molecule has 0 aromatic rings. The normalized spacial score (nSPS) is 12.2. The van der Waals surface area contributed by atoms with Crippen LogP contribution < -0.4 is 0 Å². The van der Waals surface area contributed by atoms with Crippen molar-refractivity contribution in [3.05, 3.63) is 13.8 Å². The summed E-state index contributed by atoms with van der Waals surface area (Å²) in [4.78, 5) is 26.2. The Labute approximate surface area is 185 Å². The molecule has 6 heteroatoms. The summed E-state index contributed by atoms with van der Waals surface area (Å²) in [5, 5.41) is 0. The summed E-state index contributed by atoms with van der Waals surface area (Å²) < 4.78 is 15.7. The van der Waals surface area contributed by atoms with Crippen molar-refractivity contribution in [1.29, 1.82) is 0 Å². The first-order valence-corrected chi connectivity index (χ1v) is 11.8. The smallest absolute Gasteiger partial charge is 0.462 e. The SMILES string of the molecule is [CH2]C([CH2])OC(=O)CCC(CCCCCCCC)OC(=O)OCCCCN(CC)CC. The van der Waals surface area contributed by atoms with E-state index in [0.29, 0.717) is 13.0 Å². The van der Waals surface area contributed by atoms with E-state index in [2.05, 4.69) is 39.5 Å². The van der Waals surface area contributed by atoms with Gasteiger partial charge in [-0.1, -0.05) is 52.9 Å². The first-order chi connectivity index (χ1) is 14.4. The summed E-state index contributed by atoms with van der Waals surface area (Å²) >= 11 is 0. The second-order valence-corrected chi connectivity index (χ2v) is 7.78. The van der Waals surface area contributed by atoms with E-state index in [1.807, 2.05) is 0 Å². The van der Waals surface area contributed by atoms with Gasteiger partial charge >= 0.3 is 12.1 Å². The van der Waals surface area contributed by atoms with Gasteiger partial charge in [0.1, 0.15) is 12.2 Å². The molecule has 0 aliphatic heterocycles. The van der Waals surface area contributed by atoms with E-state index in [0.717, 1.165) is 51.7 Å². The Morgan fingerprint density at radius 1 is 0.833 bits per heavy atom. The van der Waals surface area contributed by atoms with Crippen LogP contribution in [0.25, 0.3) is 0 Å². The van der Waals surface area contributed by atoms with Crippen molar-refractivity contribution in [3.8, 4) is 0 Å². The summed E-state index contributed by atoms with van der Waals surface area (Å²) in [7, 11) is 0. The molecule has 1 atom stereocenters. The Balaban J connectivity index is 4.24. The zero-order chi connectivity index (χ0) is 22.6. The van der Waals surface area contributed by atoms with Crippen molar-refractivity contribution in [1.82, 2.24) is 4.90 Å². The van der Waals surface area contributed by atoms with Gasteiger partial charge in [-0.05, 0) is 65.6 Å². The molecule has 0 aliphatic carbocycles. The highest BCUT2D eigenvalue weighted by molar-refractivity contribution is 5.69.